The monoisotopic (exact) mass is 233 g/mol. The Bertz CT molecular complexity index is 197. The zero-order chi connectivity index (χ0) is 11.5. The first-order valence-electron chi connectivity index (χ1n) is 5.23. The van der Waals surface area contributed by atoms with Crippen molar-refractivity contribution in [1.29, 1.82) is 0 Å². The summed E-state index contributed by atoms with van der Waals surface area (Å²) in [5, 5.41) is 11.1. The van der Waals surface area contributed by atoms with Gasteiger partial charge in [0.2, 0.25) is 5.91 Å². The molecule has 0 aromatic heterocycles. The Morgan fingerprint density at radius 2 is 1.93 bits per heavy atom. The molecule has 0 aromatic carbocycles. The molecular formula is C10H19NO3S. The molecule has 0 unspecified atom stereocenters. The minimum absolute atomic E-state index is 0.0107. The molecule has 0 saturated carbocycles. The van der Waals surface area contributed by atoms with Gasteiger partial charge in [-0.3, -0.25) is 9.59 Å². The summed E-state index contributed by atoms with van der Waals surface area (Å²) in [6.45, 7) is 2.84. The van der Waals surface area contributed by atoms with Crippen molar-refractivity contribution < 1.29 is 14.7 Å². The number of thioether (sulfide) groups is 1. The van der Waals surface area contributed by atoms with Crippen LogP contribution in [0.2, 0.25) is 0 Å². The predicted octanol–water partition coefficient (Wildman–Crippen LogP) is 1.50. The van der Waals surface area contributed by atoms with E-state index in [1.807, 2.05) is 0 Å². The lowest BCUT2D eigenvalue weighted by Gasteiger charge is -2.03. The summed E-state index contributed by atoms with van der Waals surface area (Å²) >= 11 is 1.13. The topological polar surface area (TPSA) is 66.4 Å². The van der Waals surface area contributed by atoms with E-state index in [0.717, 1.165) is 24.6 Å². The lowest BCUT2D eigenvalue weighted by Crippen LogP contribution is -2.26. The van der Waals surface area contributed by atoms with Crippen LogP contribution < -0.4 is 5.32 Å². The third-order valence-electron chi connectivity index (χ3n) is 1.81. The zero-order valence-electron chi connectivity index (χ0n) is 9.12. The van der Waals surface area contributed by atoms with Gasteiger partial charge >= 0.3 is 5.97 Å². The van der Waals surface area contributed by atoms with E-state index in [9.17, 15) is 9.59 Å². The van der Waals surface area contributed by atoms with Crippen molar-refractivity contribution >= 4 is 23.6 Å². The molecule has 0 aromatic rings. The van der Waals surface area contributed by atoms with Crippen molar-refractivity contribution in [3.05, 3.63) is 0 Å². The van der Waals surface area contributed by atoms with Crippen molar-refractivity contribution in [2.24, 2.45) is 0 Å². The molecule has 0 fully saturated rings. The Morgan fingerprint density at radius 1 is 1.20 bits per heavy atom. The van der Waals surface area contributed by atoms with Crippen LogP contribution in [-0.4, -0.2) is 35.0 Å². The second-order valence-corrected chi connectivity index (χ2v) is 4.28. The number of nitrogens with one attached hydrogen (secondary N) is 1. The normalized spacial score (nSPS) is 9.93. The van der Waals surface area contributed by atoms with Crippen LogP contribution in [0, 0.1) is 0 Å². The quantitative estimate of drug-likeness (QED) is 0.592. The Balaban J connectivity index is 3.22. The number of rotatable bonds is 9. The number of hydrogen-bond donors (Lipinski definition) is 2. The van der Waals surface area contributed by atoms with Gasteiger partial charge in [-0.1, -0.05) is 26.2 Å². The largest absolute Gasteiger partial charge is 0.481 e. The highest BCUT2D eigenvalue weighted by Crippen LogP contribution is 1.99. The number of carboxylic acids is 1. The van der Waals surface area contributed by atoms with E-state index in [2.05, 4.69) is 12.2 Å². The number of carbonyl (C=O) groups is 2. The Labute approximate surface area is 94.8 Å². The molecule has 2 N–H and O–H groups in total. The minimum atomic E-state index is -0.879. The van der Waals surface area contributed by atoms with Gasteiger partial charge in [0, 0.05) is 6.54 Å². The fourth-order valence-corrected chi connectivity index (χ4v) is 1.63. The van der Waals surface area contributed by atoms with Crippen molar-refractivity contribution in [3.63, 3.8) is 0 Å². The third-order valence-corrected chi connectivity index (χ3v) is 2.73. The van der Waals surface area contributed by atoms with Gasteiger partial charge in [-0.25, -0.2) is 0 Å². The Hall–Kier alpha value is -0.710. The fourth-order valence-electron chi connectivity index (χ4n) is 1.06. The third kappa shape index (κ3) is 11.2. The van der Waals surface area contributed by atoms with Gasteiger partial charge < -0.3 is 10.4 Å². The van der Waals surface area contributed by atoms with Gasteiger partial charge in [0.25, 0.3) is 0 Å². The molecule has 0 atom stereocenters. The van der Waals surface area contributed by atoms with E-state index in [-0.39, 0.29) is 17.4 Å². The summed E-state index contributed by atoms with van der Waals surface area (Å²) in [7, 11) is 0. The van der Waals surface area contributed by atoms with E-state index in [1.165, 1.54) is 12.8 Å². The molecule has 0 bridgehead atoms. The van der Waals surface area contributed by atoms with Crippen molar-refractivity contribution in [2.45, 2.75) is 32.6 Å². The van der Waals surface area contributed by atoms with E-state index in [4.69, 9.17) is 5.11 Å². The second-order valence-electron chi connectivity index (χ2n) is 3.30. The maximum Gasteiger partial charge on any atom is 0.313 e. The van der Waals surface area contributed by atoms with Crippen molar-refractivity contribution in [3.8, 4) is 0 Å². The van der Waals surface area contributed by atoms with Gasteiger partial charge in [0.15, 0.2) is 0 Å². The van der Waals surface area contributed by atoms with E-state index in [0.29, 0.717) is 6.54 Å². The van der Waals surface area contributed by atoms with E-state index < -0.39 is 5.97 Å². The van der Waals surface area contributed by atoms with Crippen molar-refractivity contribution in [2.75, 3.05) is 18.1 Å². The van der Waals surface area contributed by atoms with Crippen LogP contribution in [-0.2, 0) is 9.59 Å². The van der Waals surface area contributed by atoms with Gasteiger partial charge in [-0.2, -0.15) is 0 Å². The SMILES string of the molecule is CCCCCCNC(=O)CSCC(=O)O. The molecule has 0 saturated heterocycles. The summed E-state index contributed by atoms with van der Waals surface area (Å²) in [5.41, 5.74) is 0. The number of amides is 1. The van der Waals surface area contributed by atoms with Gasteiger partial charge in [-0.15, -0.1) is 11.8 Å². The minimum Gasteiger partial charge on any atom is -0.481 e. The highest BCUT2D eigenvalue weighted by molar-refractivity contribution is 8.00. The molecule has 0 heterocycles. The van der Waals surface area contributed by atoms with Crippen LogP contribution in [0.5, 0.6) is 0 Å². The summed E-state index contributed by atoms with van der Waals surface area (Å²) in [6, 6.07) is 0. The molecule has 15 heavy (non-hydrogen) atoms. The first kappa shape index (κ1) is 14.3. The zero-order valence-corrected chi connectivity index (χ0v) is 9.94. The molecule has 0 aliphatic rings. The summed E-state index contributed by atoms with van der Waals surface area (Å²) in [5.74, 6) is -0.725. The highest BCUT2D eigenvalue weighted by atomic mass is 32.2. The molecule has 0 radical (unpaired) electrons. The lowest BCUT2D eigenvalue weighted by molar-refractivity contribution is -0.133. The molecular weight excluding hydrogens is 214 g/mol. The van der Waals surface area contributed by atoms with Crippen LogP contribution in [0.15, 0.2) is 0 Å². The first-order chi connectivity index (χ1) is 7.16. The molecule has 4 nitrogen and oxygen atoms in total. The van der Waals surface area contributed by atoms with Gasteiger partial charge in [-0.05, 0) is 6.42 Å². The summed E-state index contributed by atoms with van der Waals surface area (Å²) < 4.78 is 0. The lowest BCUT2D eigenvalue weighted by atomic mass is 10.2. The summed E-state index contributed by atoms with van der Waals surface area (Å²) in [4.78, 5) is 21.3. The molecule has 0 aliphatic carbocycles. The van der Waals surface area contributed by atoms with Crippen LogP contribution in [0.25, 0.3) is 0 Å². The number of unbranched alkanes of at least 4 members (excludes halogenated alkanes) is 3. The van der Waals surface area contributed by atoms with Crippen LogP contribution >= 0.6 is 11.8 Å². The van der Waals surface area contributed by atoms with Gasteiger partial charge in [0.05, 0.1) is 11.5 Å². The Morgan fingerprint density at radius 3 is 2.53 bits per heavy atom. The first-order valence-corrected chi connectivity index (χ1v) is 6.38. The molecule has 1 amide bonds. The average Bonchev–Trinajstić information content (AvgIpc) is 2.17. The molecule has 0 spiro atoms. The van der Waals surface area contributed by atoms with E-state index >= 15 is 0 Å². The van der Waals surface area contributed by atoms with Crippen LogP contribution in [0.3, 0.4) is 0 Å². The second kappa shape index (κ2) is 9.83. The molecule has 0 rings (SSSR count). The van der Waals surface area contributed by atoms with Crippen molar-refractivity contribution in [1.82, 2.24) is 5.32 Å². The van der Waals surface area contributed by atoms with Gasteiger partial charge in [0.1, 0.15) is 0 Å². The predicted molar refractivity (Wildman–Crippen MR) is 62.1 cm³/mol. The average molecular weight is 233 g/mol. The number of carbonyl (C=O) groups excluding carboxylic acids is 1. The molecule has 5 heteroatoms. The maximum absolute atomic E-state index is 11.1. The highest BCUT2D eigenvalue weighted by Gasteiger charge is 2.02. The van der Waals surface area contributed by atoms with E-state index in [1.54, 1.807) is 0 Å². The smallest absolute Gasteiger partial charge is 0.313 e. The molecule has 88 valence electrons. The Kier molecular flexibility index (Phi) is 9.36. The number of hydrogen-bond acceptors (Lipinski definition) is 3. The van der Waals surface area contributed by atoms with Crippen LogP contribution in [0.4, 0.5) is 0 Å². The summed E-state index contributed by atoms with van der Waals surface area (Å²) in [6.07, 6.45) is 4.52. The number of carboxylic acid groups (broad SMARTS) is 1. The fraction of sp³-hybridized carbons (Fsp3) is 0.800. The maximum atomic E-state index is 11.1. The number of aliphatic carboxylic acids is 1. The van der Waals surface area contributed by atoms with Crippen LogP contribution in [0.1, 0.15) is 32.6 Å². The standard InChI is InChI=1S/C10H19NO3S/c1-2-3-4-5-6-11-9(12)7-15-8-10(13)14/h2-8H2,1H3,(H,11,12)(H,13,14). The molecule has 0 aliphatic heterocycles.